The van der Waals surface area contributed by atoms with Crippen LogP contribution in [0.3, 0.4) is 0 Å². The van der Waals surface area contributed by atoms with Crippen LogP contribution in [0.5, 0.6) is 0 Å². The molecule has 5 saturated heterocycles. The first-order chi connectivity index (χ1) is 33.4. The number of aliphatic hydroxyl groups excluding tert-OH is 12. The van der Waals surface area contributed by atoms with Crippen LogP contribution in [-0.4, -0.2) is 267 Å². The molecule has 5 heterocycles. The van der Waals surface area contributed by atoms with Crippen molar-refractivity contribution in [2.45, 2.75) is 213 Å². The maximum Gasteiger partial charge on any atom is 0.217 e. The quantitative estimate of drug-likeness (QED) is 0.0400. The van der Waals surface area contributed by atoms with Gasteiger partial charge in [-0.1, -0.05) is 39.0 Å². The molecule has 5 fully saturated rings. The summed E-state index contributed by atoms with van der Waals surface area (Å²) in [6, 6.07) is -2.94. The molecule has 70 heavy (non-hydrogen) atoms. The molecule has 0 saturated carbocycles. The third-order valence-electron chi connectivity index (χ3n) is 13.0. The van der Waals surface area contributed by atoms with Crippen molar-refractivity contribution in [3.63, 3.8) is 0 Å². The minimum Gasteiger partial charge on any atom is -0.394 e. The highest BCUT2D eigenvalue weighted by Gasteiger charge is 2.55. The Bertz CT molecular complexity index is 1560. The Labute approximate surface area is 404 Å². The van der Waals surface area contributed by atoms with E-state index in [-0.39, 0.29) is 13.0 Å². The van der Waals surface area contributed by atoms with Gasteiger partial charge in [-0.15, -0.1) is 0 Å². The molecular weight excluding hydrogens is 944 g/mol. The van der Waals surface area contributed by atoms with Gasteiger partial charge < -0.3 is 124 Å². The zero-order chi connectivity index (χ0) is 51.4. The number of carbonyl (C=O) groups is 2. The van der Waals surface area contributed by atoms with E-state index < -0.39 is 192 Å². The molecule has 0 aromatic carbocycles. The van der Waals surface area contributed by atoms with Crippen molar-refractivity contribution in [2.24, 2.45) is 0 Å². The highest BCUT2D eigenvalue weighted by molar-refractivity contribution is 5.73. The van der Waals surface area contributed by atoms with E-state index in [1.807, 2.05) is 0 Å². The van der Waals surface area contributed by atoms with Gasteiger partial charge in [0.25, 0.3) is 0 Å². The Balaban J connectivity index is 1.44. The summed E-state index contributed by atoms with van der Waals surface area (Å²) >= 11 is 0. The lowest BCUT2D eigenvalue weighted by atomic mass is 9.95. The highest BCUT2D eigenvalue weighted by Crippen LogP contribution is 2.36. The van der Waals surface area contributed by atoms with E-state index in [0.717, 1.165) is 46.0 Å². The zero-order valence-electron chi connectivity index (χ0n) is 39.7. The first-order valence-corrected chi connectivity index (χ1v) is 23.8. The van der Waals surface area contributed by atoms with Gasteiger partial charge in [0.1, 0.15) is 104 Å². The third kappa shape index (κ3) is 14.7. The number of ether oxygens (including phenoxy) is 11. The lowest BCUT2D eigenvalue weighted by Gasteiger charge is -2.49. The summed E-state index contributed by atoms with van der Waals surface area (Å²) in [5.41, 5.74) is 0. The molecule has 27 nitrogen and oxygen atoms in total. The Morgan fingerprint density at radius 2 is 0.986 bits per heavy atom. The highest BCUT2D eigenvalue weighted by atomic mass is 16.8. The molecule has 14 N–H and O–H groups in total. The fourth-order valence-electron chi connectivity index (χ4n) is 9.14. The molecule has 0 aromatic heterocycles. The fourth-order valence-corrected chi connectivity index (χ4v) is 9.14. The minimum absolute atomic E-state index is 0.0999. The van der Waals surface area contributed by atoms with Crippen molar-refractivity contribution in [3.05, 3.63) is 0 Å². The van der Waals surface area contributed by atoms with Crippen LogP contribution in [0.1, 0.15) is 65.7 Å². The summed E-state index contributed by atoms with van der Waals surface area (Å²) in [6.07, 6.45) is -29.8. The lowest BCUT2D eigenvalue weighted by molar-refractivity contribution is -0.381. The number of aliphatic hydroxyl groups is 12. The van der Waals surface area contributed by atoms with E-state index in [9.17, 15) is 70.9 Å². The molecule has 408 valence electrons. The van der Waals surface area contributed by atoms with Crippen molar-refractivity contribution in [1.82, 2.24) is 10.6 Å². The topological polar surface area (TPSA) is 402 Å². The van der Waals surface area contributed by atoms with Crippen molar-refractivity contribution < 1.29 is 123 Å². The van der Waals surface area contributed by atoms with Crippen molar-refractivity contribution >= 4 is 11.8 Å². The van der Waals surface area contributed by atoms with Crippen LogP contribution in [0.25, 0.3) is 0 Å². The second-order valence-electron chi connectivity index (χ2n) is 18.2. The number of hydrogen-bond donors (Lipinski definition) is 14. The van der Waals surface area contributed by atoms with Gasteiger partial charge in [0, 0.05) is 34.0 Å². The fraction of sp³-hybridized carbons (Fsp3) is 0.953. The molecule has 0 spiro atoms. The smallest absolute Gasteiger partial charge is 0.217 e. The molecule has 2 amide bonds. The average Bonchev–Trinajstić information content (AvgIpc) is 3.33. The van der Waals surface area contributed by atoms with E-state index >= 15 is 0 Å². The van der Waals surface area contributed by atoms with Crippen LogP contribution < -0.4 is 10.6 Å². The Morgan fingerprint density at radius 3 is 1.50 bits per heavy atom. The summed E-state index contributed by atoms with van der Waals surface area (Å²) < 4.78 is 66.3. The second-order valence-corrected chi connectivity index (χ2v) is 18.2. The molecule has 5 aliphatic rings. The number of hydrogen-bond acceptors (Lipinski definition) is 25. The molecular formula is C43H76N2O25. The summed E-state index contributed by atoms with van der Waals surface area (Å²) in [4.78, 5) is 24.4. The number of amides is 2. The van der Waals surface area contributed by atoms with E-state index in [0.29, 0.717) is 6.42 Å². The van der Waals surface area contributed by atoms with Crippen LogP contribution in [-0.2, 0) is 61.7 Å². The van der Waals surface area contributed by atoms with Crippen LogP contribution >= 0.6 is 0 Å². The summed E-state index contributed by atoms with van der Waals surface area (Å²) in [6.45, 7) is 0.832. The van der Waals surface area contributed by atoms with Gasteiger partial charge in [-0.3, -0.25) is 9.59 Å². The number of unbranched alkanes of at least 4 members (excludes halogenated alkanes) is 5. The number of methoxy groups -OCH3 is 1. The van der Waals surface area contributed by atoms with E-state index in [1.165, 1.54) is 7.11 Å². The summed E-state index contributed by atoms with van der Waals surface area (Å²) in [5, 5.41) is 134. The van der Waals surface area contributed by atoms with E-state index in [4.69, 9.17) is 52.1 Å². The van der Waals surface area contributed by atoms with Crippen LogP contribution in [0.2, 0.25) is 0 Å². The molecule has 0 aromatic rings. The Kier molecular flexibility index (Phi) is 23.6. The SMILES string of the molecule is CCCCCCCCO[C@@H]1O[C@H](CO[C@H]2O[C@H](CO)[C@@H](O)[C@H](O)[C@@H]2O[C@@H]2O[C@H](CO)[C@@H](O)[C@H](O)[C@H]2NC(C)=O)[C@@H](OC)[C@H](O[C@H]2O[C@H](CO)C[C@H](O)[C@@H]2O[C@@H]2O[C@H](CO)[C@@H](O)[C@H](O)[C@H]2NC(C)=O)[C@@H]1O. The normalized spacial score (nSPS) is 43.7. The first kappa shape index (κ1) is 58.9. The molecule has 5 rings (SSSR count). The lowest BCUT2D eigenvalue weighted by Crippen LogP contribution is -2.68. The van der Waals surface area contributed by atoms with Gasteiger partial charge >= 0.3 is 0 Å². The van der Waals surface area contributed by atoms with E-state index in [2.05, 4.69) is 17.6 Å². The number of carbonyl (C=O) groups excluding carboxylic acids is 2. The standard InChI is InChI=1S/C43H76N2O25/c1-5-6-7-8-9-10-11-61-41-34(59)37(69-43-35(21(52)12-20(13-46)63-43)68-39-26(44-18(2)50)31(56)28(53)22(14-47)64-39)36(60-4)25(67-41)17-62-42-38(33(58)30(55)24(16-49)66-42)70-40-27(45-19(3)51)32(57)29(54)23(15-48)65-40/h20-43,46-49,52-59H,5-17H2,1-4H3,(H,44,50)(H,45,51)/t20-,21-,22+,23+,24+,25+,26+,27+,28+,29+,30+,31+,32+,33-,34-,35-,36+,37+,38-,39-,40-,41+,42-,43+/m0/s1. The van der Waals surface area contributed by atoms with Gasteiger partial charge in [-0.05, 0) is 6.42 Å². The Hall–Kier alpha value is -1.98. The first-order valence-electron chi connectivity index (χ1n) is 23.8. The molecule has 0 aliphatic carbocycles. The van der Waals surface area contributed by atoms with Crippen LogP contribution in [0.15, 0.2) is 0 Å². The number of rotatable bonds is 24. The molecule has 0 unspecified atom stereocenters. The minimum atomic E-state index is -1.91. The molecule has 0 radical (unpaired) electrons. The molecule has 0 bridgehead atoms. The predicted octanol–water partition coefficient (Wildman–Crippen LogP) is -6.57. The molecule has 24 atom stereocenters. The van der Waals surface area contributed by atoms with Gasteiger partial charge in [0.05, 0.1) is 45.2 Å². The molecule has 27 heteroatoms. The van der Waals surface area contributed by atoms with Gasteiger partial charge in [-0.25, -0.2) is 0 Å². The summed E-state index contributed by atoms with van der Waals surface area (Å²) in [5.74, 6) is -1.34. The van der Waals surface area contributed by atoms with Gasteiger partial charge in [0.15, 0.2) is 31.5 Å². The van der Waals surface area contributed by atoms with Gasteiger partial charge in [0.2, 0.25) is 11.8 Å². The van der Waals surface area contributed by atoms with Crippen LogP contribution in [0.4, 0.5) is 0 Å². The maximum atomic E-state index is 12.2. The largest absolute Gasteiger partial charge is 0.394 e. The van der Waals surface area contributed by atoms with Gasteiger partial charge in [-0.2, -0.15) is 0 Å². The molecule has 5 aliphatic heterocycles. The predicted molar refractivity (Wildman–Crippen MR) is 230 cm³/mol. The third-order valence-corrected chi connectivity index (χ3v) is 13.0. The van der Waals surface area contributed by atoms with Crippen molar-refractivity contribution in [3.8, 4) is 0 Å². The summed E-state index contributed by atoms with van der Waals surface area (Å²) in [7, 11) is 1.24. The number of nitrogens with one attached hydrogen (secondary N) is 2. The van der Waals surface area contributed by atoms with Crippen molar-refractivity contribution in [2.75, 3.05) is 46.8 Å². The Morgan fingerprint density at radius 1 is 0.500 bits per heavy atom. The van der Waals surface area contributed by atoms with Crippen LogP contribution in [0, 0.1) is 0 Å². The monoisotopic (exact) mass is 1020 g/mol. The second kappa shape index (κ2) is 28.1. The maximum absolute atomic E-state index is 12.2. The van der Waals surface area contributed by atoms with E-state index in [1.54, 1.807) is 0 Å². The average molecular weight is 1020 g/mol. The van der Waals surface area contributed by atoms with Crippen molar-refractivity contribution in [1.29, 1.82) is 0 Å². The zero-order valence-corrected chi connectivity index (χ0v) is 39.7.